The Morgan fingerprint density at radius 3 is 2.55 bits per heavy atom. The zero-order valence-electron chi connectivity index (χ0n) is 11.0. The summed E-state index contributed by atoms with van der Waals surface area (Å²) in [6.07, 6.45) is 1.22. The maximum atomic E-state index is 11.5. The minimum Gasteiger partial charge on any atom is -0.406 e. The lowest BCUT2D eigenvalue weighted by Crippen LogP contribution is -2.48. The molecule has 1 aromatic carbocycles. The van der Waals surface area contributed by atoms with Crippen LogP contribution in [0, 0.1) is 0 Å². The van der Waals surface area contributed by atoms with E-state index in [1.807, 2.05) is 17.0 Å². The molecule has 1 N–H and O–H groups in total. The van der Waals surface area contributed by atoms with E-state index in [0.717, 1.165) is 5.69 Å². The van der Waals surface area contributed by atoms with Crippen molar-refractivity contribution in [1.29, 1.82) is 0 Å². The number of hydrogen-bond donors (Lipinski definition) is 1. The molecule has 1 aliphatic rings. The van der Waals surface area contributed by atoms with E-state index < -0.39 is 15.8 Å². The number of fused-ring (bicyclic) bond motifs is 1. The van der Waals surface area contributed by atoms with Gasteiger partial charge in [-0.25, -0.2) is 13.2 Å². The topological polar surface area (TPSA) is 86.6 Å². The summed E-state index contributed by atoms with van der Waals surface area (Å²) in [6, 6.07) is 5.48. The van der Waals surface area contributed by atoms with Crippen LogP contribution in [0.25, 0.3) is 11.1 Å². The number of aromatic amines is 1. The first kappa shape index (κ1) is 13.2. The van der Waals surface area contributed by atoms with Gasteiger partial charge in [-0.05, 0) is 12.1 Å². The van der Waals surface area contributed by atoms with E-state index in [4.69, 9.17) is 4.42 Å². The second-order valence-corrected chi connectivity index (χ2v) is 6.80. The van der Waals surface area contributed by atoms with Crippen LogP contribution in [0.3, 0.4) is 0 Å². The van der Waals surface area contributed by atoms with E-state index in [2.05, 4.69) is 4.98 Å². The number of piperazine rings is 1. The van der Waals surface area contributed by atoms with Gasteiger partial charge in [-0.3, -0.25) is 4.98 Å². The third-order valence-corrected chi connectivity index (χ3v) is 4.78. The number of H-pyrrole nitrogens is 1. The van der Waals surface area contributed by atoms with E-state index in [0.29, 0.717) is 37.3 Å². The van der Waals surface area contributed by atoms with Crippen LogP contribution in [0.4, 0.5) is 5.69 Å². The molecule has 1 saturated heterocycles. The quantitative estimate of drug-likeness (QED) is 0.856. The molecule has 1 aromatic heterocycles. The second kappa shape index (κ2) is 4.64. The Morgan fingerprint density at radius 2 is 1.90 bits per heavy atom. The first-order valence-electron chi connectivity index (χ1n) is 6.27. The number of rotatable bonds is 2. The molecule has 7 nitrogen and oxygen atoms in total. The molecule has 0 unspecified atom stereocenters. The van der Waals surface area contributed by atoms with Gasteiger partial charge in [0, 0.05) is 26.2 Å². The average molecular weight is 297 g/mol. The summed E-state index contributed by atoms with van der Waals surface area (Å²) in [5.74, 6) is -0.484. The lowest BCUT2D eigenvalue weighted by molar-refractivity contribution is 0.388. The normalized spacial score (nSPS) is 17.8. The van der Waals surface area contributed by atoms with Gasteiger partial charge >= 0.3 is 5.76 Å². The van der Waals surface area contributed by atoms with Crippen molar-refractivity contribution >= 4 is 26.8 Å². The van der Waals surface area contributed by atoms with Gasteiger partial charge in [0.2, 0.25) is 10.0 Å². The third-order valence-electron chi connectivity index (χ3n) is 3.47. The summed E-state index contributed by atoms with van der Waals surface area (Å²) in [4.78, 5) is 15.9. The molecule has 3 rings (SSSR count). The molecule has 0 bridgehead atoms. The lowest BCUT2D eigenvalue weighted by atomic mass is 10.2. The van der Waals surface area contributed by atoms with Crippen molar-refractivity contribution in [3.05, 3.63) is 28.7 Å². The number of aromatic nitrogens is 1. The second-order valence-electron chi connectivity index (χ2n) is 4.82. The Balaban J connectivity index is 1.89. The van der Waals surface area contributed by atoms with Crippen LogP contribution in [0.2, 0.25) is 0 Å². The van der Waals surface area contributed by atoms with Crippen LogP contribution in [-0.2, 0) is 10.0 Å². The minimum absolute atomic E-state index is 0.434. The number of nitrogens with one attached hydrogen (secondary N) is 1. The van der Waals surface area contributed by atoms with Crippen molar-refractivity contribution in [1.82, 2.24) is 9.29 Å². The molecule has 2 aromatic rings. The van der Waals surface area contributed by atoms with Gasteiger partial charge in [0.15, 0.2) is 5.58 Å². The molecule has 108 valence electrons. The predicted molar refractivity (Wildman–Crippen MR) is 75.5 cm³/mol. The first-order valence-corrected chi connectivity index (χ1v) is 8.12. The van der Waals surface area contributed by atoms with Crippen LogP contribution in [-0.4, -0.2) is 50.1 Å². The van der Waals surface area contributed by atoms with E-state index in [-0.39, 0.29) is 0 Å². The van der Waals surface area contributed by atoms with E-state index >= 15 is 0 Å². The Bertz CT molecular complexity index is 784. The van der Waals surface area contributed by atoms with Gasteiger partial charge in [0.1, 0.15) is 0 Å². The number of para-hydroxylation sites is 1. The van der Waals surface area contributed by atoms with E-state index in [1.54, 1.807) is 6.07 Å². The van der Waals surface area contributed by atoms with Crippen LogP contribution >= 0.6 is 0 Å². The van der Waals surface area contributed by atoms with E-state index in [9.17, 15) is 13.2 Å². The highest BCUT2D eigenvalue weighted by Gasteiger charge is 2.25. The average Bonchev–Trinajstić information content (AvgIpc) is 2.78. The molecule has 0 amide bonds. The summed E-state index contributed by atoms with van der Waals surface area (Å²) < 4.78 is 29.6. The summed E-state index contributed by atoms with van der Waals surface area (Å²) in [7, 11) is -3.14. The minimum atomic E-state index is -3.14. The van der Waals surface area contributed by atoms with Crippen molar-refractivity contribution in [2.45, 2.75) is 0 Å². The molecule has 8 heteroatoms. The predicted octanol–water partition coefficient (Wildman–Crippen LogP) is 0.203. The summed E-state index contributed by atoms with van der Waals surface area (Å²) in [5, 5.41) is 0. The van der Waals surface area contributed by atoms with Gasteiger partial charge in [-0.1, -0.05) is 6.07 Å². The monoisotopic (exact) mass is 297 g/mol. The fourth-order valence-corrected chi connectivity index (χ4v) is 3.29. The molecule has 0 radical (unpaired) electrons. The van der Waals surface area contributed by atoms with E-state index in [1.165, 1.54) is 10.6 Å². The number of nitrogens with zero attached hydrogens (tertiary/aromatic N) is 2. The standard InChI is InChI=1S/C12H15N3O4S/c1-20(17,18)15-7-5-14(6-8-15)10-4-2-3-9-11(10)19-12(16)13-9/h2-4H,5-8H2,1H3,(H,13,16). The number of oxazole rings is 1. The highest BCUT2D eigenvalue weighted by molar-refractivity contribution is 7.88. The molecular weight excluding hydrogens is 282 g/mol. The SMILES string of the molecule is CS(=O)(=O)N1CCN(c2cccc3[nH]c(=O)oc23)CC1. The zero-order chi connectivity index (χ0) is 14.3. The Labute approximate surface area is 115 Å². The highest BCUT2D eigenvalue weighted by atomic mass is 32.2. The smallest absolute Gasteiger partial charge is 0.406 e. The third kappa shape index (κ3) is 2.32. The van der Waals surface area contributed by atoms with Gasteiger partial charge < -0.3 is 9.32 Å². The summed E-state index contributed by atoms with van der Waals surface area (Å²) >= 11 is 0. The van der Waals surface area contributed by atoms with Crippen LogP contribution < -0.4 is 10.7 Å². The van der Waals surface area contributed by atoms with Gasteiger partial charge in [0.05, 0.1) is 17.5 Å². The van der Waals surface area contributed by atoms with Crippen molar-refractivity contribution in [3.63, 3.8) is 0 Å². The number of benzene rings is 1. The maximum absolute atomic E-state index is 11.5. The first-order chi connectivity index (χ1) is 9.45. The number of sulfonamides is 1. The van der Waals surface area contributed by atoms with Crippen LogP contribution in [0.1, 0.15) is 0 Å². The summed E-state index contributed by atoms with van der Waals surface area (Å²) in [5.41, 5.74) is 1.98. The lowest BCUT2D eigenvalue weighted by Gasteiger charge is -2.34. The fraction of sp³-hybridized carbons (Fsp3) is 0.417. The maximum Gasteiger partial charge on any atom is 0.417 e. The molecular formula is C12H15N3O4S. The number of hydrogen-bond acceptors (Lipinski definition) is 5. The zero-order valence-corrected chi connectivity index (χ0v) is 11.8. The fourth-order valence-electron chi connectivity index (χ4n) is 2.47. The molecule has 20 heavy (non-hydrogen) atoms. The molecule has 2 heterocycles. The number of anilines is 1. The Hall–Kier alpha value is -1.80. The largest absolute Gasteiger partial charge is 0.417 e. The Kier molecular flexibility index (Phi) is 3.06. The molecule has 0 spiro atoms. The van der Waals surface area contributed by atoms with Gasteiger partial charge in [-0.15, -0.1) is 0 Å². The van der Waals surface area contributed by atoms with Gasteiger partial charge in [-0.2, -0.15) is 4.31 Å². The van der Waals surface area contributed by atoms with Gasteiger partial charge in [0.25, 0.3) is 0 Å². The molecule has 0 aliphatic carbocycles. The van der Waals surface area contributed by atoms with Crippen LogP contribution in [0.15, 0.2) is 27.4 Å². The molecule has 1 fully saturated rings. The summed E-state index contributed by atoms with van der Waals surface area (Å²) in [6.45, 7) is 2.01. The molecule has 1 aliphatic heterocycles. The molecule has 0 atom stereocenters. The van der Waals surface area contributed by atoms with Crippen molar-refractivity contribution < 1.29 is 12.8 Å². The molecule has 0 saturated carbocycles. The van der Waals surface area contributed by atoms with Crippen molar-refractivity contribution in [3.8, 4) is 0 Å². The van der Waals surface area contributed by atoms with Crippen molar-refractivity contribution in [2.24, 2.45) is 0 Å². The highest BCUT2D eigenvalue weighted by Crippen LogP contribution is 2.26. The Morgan fingerprint density at radius 1 is 1.20 bits per heavy atom. The van der Waals surface area contributed by atoms with Crippen LogP contribution in [0.5, 0.6) is 0 Å². The van der Waals surface area contributed by atoms with Crippen molar-refractivity contribution in [2.75, 3.05) is 37.3 Å².